The molecule has 0 bridgehead atoms. The molecule has 1 rings (SSSR count). The Morgan fingerprint density at radius 1 is 0.952 bits per heavy atom. The second kappa shape index (κ2) is 6.36. The quantitative estimate of drug-likeness (QED) is 0.911. The molecule has 0 aliphatic heterocycles. The van der Waals surface area contributed by atoms with Gasteiger partial charge in [0.15, 0.2) is 0 Å². The van der Waals surface area contributed by atoms with Gasteiger partial charge < -0.3 is 0 Å². The summed E-state index contributed by atoms with van der Waals surface area (Å²) in [4.78, 5) is 25.5. The molecule has 0 atom stereocenters. The monoisotopic (exact) mass is 312 g/mol. The number of anilines is 1. The highest BCUT2D eigenvalue weighted by Gasteiger charge is 2.27. The van der Waals surface area contributed by atoms with Crippen molar-refractivity contribution < 1.29 is 18.0 Å². The van der Waals surface area contributed by atoms with Crippen LogP contribution in [-0.4, -0.2) is 20.2 Å². The van der Waals surface area contributed by atoms with Crippen LogP contribution in [-0.2, 0) is 19.6 Å². The molecule has 2 N–H and O–H groups in total. The number of hydrogen-bond donors (Lipinski definition) is 1. The van der Waals surface area contributed by atoms with Crippen LogP contribution in [0.3, 0.4) is 0 Å². The third-order valence-corrected chi connectivity index (χ3v) is 3.78. The van der Waals surface area contributed by atoms with E-state index in [4.69, 9.17) is 5.14 Å². The Labute approximate surface area is 125 Å². The van der Waals surface area contributed by atoms with Gasteiger partial charge in [-0.1, -0.05) is 27.7 Å². The maximum absolute atomic E-state index is 12.2. The van der Waals surface area contributed by atoms with Crippen molar-refractivity contribution in [2.24, 2.45) is 17.0 Å². The molecule has 1 aromatic carbocycles. The number of rotatable bonds is 4. The van der Waals surface area contributed by atoms with Gasteiger partial charge in [-0.15, -0.1) is 0 Å². The first-order valence-electron chi connectivity index (χ1n) is 6.56. The van der Waals surface area contributed by atoms with E-state index in [2.05, 4.69) is 0 Å². The first-order chi connectivity index (χ1) is 9.55. The molecule has 116 valence electrons. The van der Waals surface area contributed by atoms with Crippen LogP contribution in [0.5, 0.6) is 0 Å². The zero-order valence-electron chi connectivity index (χ0n) is 12.5. The fourth-order valence-corrected chi connectivity index (χ4v) is 2.18. The molecule has 0 aliphatic rings. The van der Waals surface area contributed by atoms with Gasteiger partial charge in [-0.2, -0.15) is 0 Å². The molecular weight excluding hydrogens is 292 g/mol. The predicted molar refractivity (Wildman–Crippen MR) is 80.0 cm³/mol. The van der Waals surface area contributed by atoms with Crippen LogP contribution in [0, 0.1) is 11.8 Å². The number of benzene rings is 1. The van der Waals surface area contributed by atoms with Gasteiger partial charge in [0.25, 0.3) is 0 Å². The van der Waals surface area contributed by atoms with Gasteiger partial charge in [0.05, 0.1) is 10.6 Å². The highest BCUT2D eigenvalue weighted by molar-refractivity contribution is 7.89. The Bertz CT molecular complexity index is 613. The summed E-state index contributed by atoms with van der Waals surface area (Å²) in [5.41, 5.74) is 0.333. The number of nitrogens with two attached hydrogens (primary N) is 1. The Hall–Kier alpha value is -1.73. The lowest BCUT2D eigenvalue weighted by molar-refractivity contribution is -0.129. The number of primary sulfonamides is 1. The second-order valence-corrected chi connectivity index (χ2v) is 6.92. The van der Waals surface area contributed by atoms with Crippen molar-refractivity contribution in [2.45, 2.75) is 32.6 Å². The lowest BCUT2D eigenvalue weighted by Gasteiger charge is -2.24. The summed E-state index contributed by atoms with van der Waals surface area (Å²) in [6, 6.07) is 5.36. The van der Waals surface area contributed by atoms with Crippen LogP contribution < -0.4 is 10.0 Å². The number of amides is 2. The van der Waals surface area contributed by atoms with Gasteiger partial charge in [-0.3, -0.25) is 14.5 Å². The molecule has 1 aromatic rings. The molecule has 0 aromatic heterocycles. The smallest absolute Gasteiger partial charge is 0.238 e. The Balaban J connectivity index is 3.27. The SMILES string of the molecule is CC(C)C(=O)N(C(=O)C(C)C)c1ccc(S(N)(=O)=O)cc1. The van der Waals surface area contributed by atoms with Crippen molar-refractivity contribution in [1.82, 2.24) is 0 Å². The third-order valence-electron chi connectivity index (χ3n) is 2.85. The summed E-state index contributed by atoms with van der Waals surface area (Å²) in [5, 5.41) is 5.02. The normalized spacial score (nSPS) is 11.8. The van der Waals surface area contributed by atoms with Gasteiger partial charge in [0.1, 0.15) is 0 Å². The summed E-state index contributed by atoms with van der Waals surface area (Å²) < 4.78 is 22.5. The van der Waals surface area contributed by atoms with Crippen LogP contribution in [0.4, 0.5) is 5.69 Å². The number of sulfonamides is 1. The molecule has 0 fully saturated rings. The van der Waals surface area contributed by atoms with Gasteiger partial charge >= 0.3 is 0 Å². The Morgan fingerprint density at radius 2 is 1.33 bits per heavy atom. The van der Waals surface area contributed by atoms with E-state index in [0.29, 0.717) is 5.69 Å². The molecular formula is C14H20N2O4S. The van der Waals surface area contributed by atoms with Gasteiger partial charge in [-0.25, -0.2) is 13.6 Å². The Kier molecular flexibility index (Phi) is 5.25. The molecule has 0 heterocycles. The number of carbonyl (C=O) groups excluding carboxylic acids is 2. The van der Waals surface area contributed by atoms with E-state index in [9.17, 15) is 18.0 Å². The zero-order chi connectivity index (χ0) is 16.4. The topological polar surface area (TPSA) is 97.5 Å². The summed E-state index contributed by atoms with van der Waals surface area (Å²) in [6.07, 6.45) is 0. The molecule has 21 heavy (non-hydrogen) atoms. The van der Waals surface area contributed by atoms with Crippen molar-refractivity contribution in [3.63, 3.8) is 0 Å². The largest absolute Gasteiger partial charge is 0.274 e. The van der Waals surface area contributed by atoms with Crippen LogP contribution in [0.15, 0.2) is 29.2 Å². The molecule has 0 aliphatic carbocycles. The molecule has 0 spiro atoms. The van der Waals surface area contributed by atoms with Crippen LogP contribution in [0.1, 0.15) is 27.7 Å². The predicted octanol–water partition coefficient (Wildman–Crippen LogP) is 1.51. The molecule has 2 amide bonds. The lowest BCUT2D eigenvalue weighted by atomic mass is 10.1. The molecule has 7 heteroatoms. The minimum Gasteiger partial charge on any atom is -0.274 e. The first kappa shape index (κ1) is 17.3. The van der Waals surface area contributed by atoms with Crippen molar-refractivity contribution >= 4 is 27.5 Å². The first-order valence-corrected chi connectivity index (χ1v) is 8.11. The van der Waals surface area contributed by atoms with E-state index >= 15 is 0 Å². The number of hydrogen-bond acceptors (Lipinski definition) is 4. The average Bonchev–Trinajstić information content (AvgIpc) is 2.38. The van der Waals surface area contributed by atoms with E-state index in [1.54, 1.807) is 27.7 Å². The van der Waals surface area contributed by atoms with E-state index < -0.39 is 10.0 Å². The number of imide groups is 1. The lowest BCUT2D eigenvalue weighted by Crippen LogP contribution is -2.42. The van der Waals surface area contributed by atoms with Crippen LogP contribution >= 0.6 is 0 Å². The molecule has 0 unspecified atom stereocenters. The molecule has 6 nitrogen and oxygen atoms in total. The number of carbonyl (C=O) groups is 2. The second-order valence-electron chi connectivity index (χ2n) is 5.36. The summed E-state index contributed by atoms with van der Waals surface area (Å²) in [7, 11) is -3.81. The van der Waals surface area contributed by atoms with E-state index in [0.717, 1.165) is 4.90 Å². The number of nitrogens with zero attached hydrogens (tertiary/aromatic N) is 1. The maximum Gasteiger partial charge on any atom is 0.238 e. The highest BCUT2D eigenvalue weighted by atomic mass is 32.2. The third kappa shape index (κ3) is 4.12. The molecule has 0 radical (unpaired) electrons. The van der Waals surface area contributed by atoms with Crippen LogP contribution in [0.25, 0.3) is 0 Å². The highest BCUT2D eigenvalue weighted by Crippen LogP contribution is 2.21. The molecule has 0 saturated heterocycles. The fraction of sp³-hybridized carbons (Fsp3) is 0.429. The summed E-state index contributed by atoms with van der Waals surface area (Å²) >= 11 is 0. The Morgan fingerprint density at radius 3 is 1.62 bits per heavy atom. The van der Waals surface area contributed by atoms with Crippen LogP contribution in [0.2, 0.25) is 0 Å². The average molecular weight is 312 g/mol. The van der Waals surface area contributed by atoms with Gasteiger partial charge in [-0.05, 0) is 24.3 Å². The van der Waals surface area contributed by atoms with E-state index in [-0.39, 0.29) is 28.5 Å². The molecule has 0 saturated carbocycles. The minimum atomic E-state index is -3.81. The van der Waals surface area contributed by atoms with Crippen molar-refractivity contribution in [3.05, 3.63) is 24.3 Å². The summed E-state index contributed by atoms with van der Waals surface area (Å²) in [6.45, 7) is 6.78. The van der Waals surface area contributed by atoms with Crippen molar-refractivity contribution in [1.29, 1.82) is 0 Å². The standard InChI is InChI=1S/C14H20N2O4S/c1-9(2)13(17)16(14(18)10(3)4)11-5-7-12(8-6-11)21(15,19)20/h5-10H,1-4H3,(H2,15,19,20). The fourth-order valence-electron chi connectivity index (χ4n) is 1.66. The minimum absolute atomic E-state index is 0.0693. The van der Waals surface area contributed by atoms with E-state index in [1.807, 2.05) is 0 Å². The van der Waals surface area contributed by atoms with E-state index in [1.165, 1.54) is 24.3 Å². The van der Waals surface area contributed by atoms with Crippen molar-refractivity contribution in [2.75, 3.05) is 4.90 Å². The summed E-state index contributed by atoms with van der Waals surface area (Å²) in [5.74, 6) is -1.38. The maximum atomic E-state index is 12.2. The van der Waals surface area contributed by atoms with Gasteiger partial charge in [0, 0.05) is 11.8 Å². The zero-order valence-corrected chi connectivity index (χ0v) is 13.3. The van der Waals surface area contributed by atoms with Gasteiger partial charge in [0.2, 0.25) is 21.8 Å². The van der Waals surface area contributed by atoms with Crippen molar-refractivity contribution in [3.8, 4) is 0 Å².